The largest absolute Gasteiger partial charge is 0.378 e. The topological polar surface area (TPSA) is 68.6 Å². The minimum atomic E-state index is -0.170. The summed E-state index contributed by atoms with van der Waals surface area (Å²) in [6.07, 6.45) is 2.08. The third-order valence-corrected chi connectivity index (χ3v) is 4.83. The highest BCUT2D eigenvalue weighted by Crippen LogP contribution is 2.18. The molecule has 1 aliphatic heterocycles. The van der Waals surface area contributed by atoms with Crippen LogP contribution in [0.2, 0.25) is 0 Å². The molecule has 6 nitrogen and oxygen atoms in total. The van der Waals surface area contributed by atoms with Gasteiger partial charge in [0.1, 0.15) is 0 Å². The third-order valence-electron chi connectivity index (χ3n) is 4.83. The molecule has 1 atom stereocenters. The van der Waals surface area contributed by atoms with Gasteiger partial charge in [-0.1, -0.05) is 12.1 Å². The van der Waals surface area contributed by atoms with Crippen molar-refractivity contribution < 1.29 is 9.53 Å². The molecule has 0 bridgehead atoms. The standard InChI is InChI=1S/C22H26N4O2/c1-25(2)20-11-7-18(8-12-20)15-26(16-21-4-3-13-28-21)22(27)24-19-9-5-17(14-23)6-10-19/h5-12,21H,3-4,13,15-16H2,1-2H3,(H,24,27)/t21-/m0/s1. The zero-order valence-corrected chi connectivity index (χ0v) is 16.4. The zero-order valence-electron chi connectivity index (χ0n) is 16.4. The van der Waals surface area contributed by atoms with Crippen molar-refractivity contribution in [2.45, 2.75) is 25.5 Å². The number of carbonyl (C=O) groups is 1. The molecule has 0 aliphatic carbocycles. The highest BCUT2D eigenvalue weighted by atomic mass is 16.5. The van der Waals surface area contributed by atoms with E-state index < -0.39 is 0 Å². The van der Waals surface area contributed by atoms with E-state index in [0.717, 1.165) is 30.7 Å². The van der Waals surface area contributed by atoms with Crippen LogP contribution in [0, 0.1) is 11.3 Å². The fourth-order valence-corrected chi connectivity index (χ4v) is 3.20. The molecule has 0 saturated carbocycles. The predicted octanol–water partition coefficient (Wildman–Crippen LogP) is 3.84. The molecule has 1 saturated heterocycles. The molecule has 6 heteroatoms. The molecule has 3 rings (SSSR count). The highest BCUT2D eigenvalue weighted by molar-refractivity contribution is 5.89. The second kappa shape index (κ2) is 9.25. The van der Waals surface area contributed by atoms with Gasteiger partial charge in [0.15, 0.2) is 0 Å². The molecule has 2 amide bonds. The number of nitrogens with one attached hydrogen (secondary N) is 1. The van der Waals surface area contributed by atoms with Gasteiger partial charge in [-0.15, -0.1) is 0 Å². The van der Waals surface area contributed by atoms with Crippen LogP contribution in [-0.2, 0) is 11.3 Å². The summed E-state index contributed by atoms with van der Waals surface area (Å²) in [7, 11) is 4.01. The van der Waals surface area contributed by atoms with E-state index >= 15 is 0 Å². The van der Waals surface area contributed by atoms with Crippen LogP contribution < -0.4 is 10.2 Å². The number of rotatable bonds is 6. The Morgan fingerprint density at radius 1 is 1.18 bits per heavy atom. The Morgan fingerprint density at radius 2 is 1.89 bits per heavy atom. The van der Waals surface area contributed by atoms with Gasteiger partial charge in [0.2, 0.25) is 0 Å². The lowest BCUT2D eigenvalue weighted by molar-refractivity contribution is 0.0819. The molecule has 0 radical (unpaired) electrons. The number of urea groups is 1. The summed E-state index contributed by atoms with van der Waals surface area (Å²) in [5.41, 5.74) is 3.43. The van der Waals surface area contributed by atoms with Crippen molar-refractivity contribution >= 4 is 17.4 Å². The number of nitriles is 1. The number of hydrogen-bond acceptors (Lipinski definition) is 4. The van der Waals surface area contributed by atoms with E-state index in [9.17, 15) is 4.79 Å². The minimum absolute atomic E-state index is 0.0766. The van der Waals surface area contributed by atoms with Gasteiger partial charge in [-0.2, -0.15) is 5.26 Å². The van der Waals surface area contributed by atoms with Crippen molar-refractivity contribution in [3.05, 3.63) is 59.7 Å². The van der Waals surface area contributed by atoms with Gasteiger partial charge in [-0.25, -0.2) is 4.79 Å². The number of nitrogens with zero attached hydrogens (tertiary/aromatic N) is 3. The monoisotopic (exact) mass is 378 g/mol. The van der Waals surface area contributed by atoms with E-state index in [1.165, 1.54) is 0 Å². The molecule has 1 heterocycles. The smallest absolute Gasteiger partial charge is 0.322 e. The van der Waals surface area contributed by atoms with Gasteiger partial charge in [-0.3, -0.25) is 0 Å². The Kier molecular flexibility index (Phi) is 6.51. The van der Waals surface area contributed by atoms with Crippen molar-refractivity contribution in [3.8, 4) is 6.07 Å². The van der Waals surface area contributed by atoms with E-state index in [2.05, 4.69) is 23.5 Å². The van der Waals surface area contributed by atoms with Crippen LogP contribution in [0.15, 0.2) is 48.5 Å². The summed E-state index contributed by atoms with van der Waals surface area (Å²) in [4.78, 5) is 16.8. The Morgan fingerprint density at radius 3 is 2.46 bits per heavy atom. The van der Waals surface area contributed by atoms with Crippen molar-refractivity contribution in [2.75, 3.05) is 37.5 Å². The molecule has 2 aromatic carbocycles. The lowest BCUT2D eigenvalue weighted by Gasteiger charge is -2.26. The molecule has 1 aliphatic rings. The van der Waals surface area contributed by atoms with Gasteiger partial charge < -0.3 is 19.9 Å². The molecular weight excluding hydrogens is 352 g/mol. The first kappa shape index (κ1) is 19.7. The van der Waals surface area contributed by atoms with Gasteiger partial charge in [-0.05, 0) is 54.8 Å². The molecule has 1 fully saturated rings. The fourth-order valence-electron chi connectivity index (χ4n) is 3.20. The van der Waals surface area contributed by atoms with Crippen LogP contribution in [0.25, 0.3) is 0 Å². The number of carbonyl (C=O) groups excluding carboxylic acids is 1. The Bertz CT molecular complexity index is 819. The third kappa shape index (κ3) is 5.24. The van der Waals surface area contributed by atoms with Gasteiger partial charge >= 0.3 is 6.03 Å². The summed E-state index contributed by atoms with van der Waals surface area (Å²) in [6, 6.07) is 17.0. The van der Waals surface area contributed by atoms with Crippen LogP contribution in [0.5, 0.6) is 0 Å². The SMILES string of the molecule is CN(C)c1ccc(CN(C[C@@H]2CCCO2)C(=O)Nc2ccc(C#N)cc2)cc1. The average molecular weight is 378 g/mol. The molecule has 2 aromatic rings. The Balaban J connectivity index is 1.71. The van der Waals surface area contributed by atoms with Crippen LogP contribution in [0.4, 0.5) is 16.2 Å². The van der Waals surface area contributed by atoms with Crippen molar-refractivity contribution in [1.82, 2.24) is 4.90 Å². The molecule has 0 spiro atoms. The molecule has 146 valence electrons. The first-order valence-electron chi connectivity index (χ1n) is 9.49. The fraction of sp³-hybridized carbons (Fsp3) is 0.364. The minimum Gasteiger partial charge on any atom is -0.378 e. The molecular formula is C22H26N4O2. The van der Waals surface area contributed by atoms with Crippen LogP contribution in [-0.4, -0.2) is 44.3 Å². The molecule has 28 heavy (non-hydrogen) atoms. The van der Waals surface area contributed by atoms with E-state index in [-0.39, 0.29) is 12.1 Å². The molecule has 1 N–H and O–H groups in total. The van der Waals surface area contributed by atoms with Crippen molar-refractivity contribution in [2.24, 2.45) is 0 Å². The summed E-state index contributed by atoms with van der Waals surface area (Å²) >= 11 is 0. The predicted molar refractivity (Wildman–Crippen MR) is 110 cm³/mol. The lowest BCUT2D eigenvalue weighted by atomic mass is 10.1. The van der Waals surface area contributed by atoms with Gasteiger partial charge in [0.05, 0.1) is 17.7 Å². The maximum absolute atomic E-state index is 12.9. The normalized spacial score (nSPS) is 15.7. The highest BCUT2D eigenvalue weighted by Gasteiger charge is 2.23. The first-order chi connectivity index (χ1) is 13.5. The van der Waals surface area contributed by atoms with E-state index in [1.807, 2.05) is 31.1 Å². The summed E-state index contributed by atoms with van der Waals surface area (Å²) in [5.74, 6) is 0. The number of benzene rings is 2. The van der Waals surface area contributed by atoms with Crippen LogP contribution in [0.3, 0.4) is 0 Å². The number of anilines is 2. The Labute approximate surface area is 166 Å². The summed E-state index contributed by atoms with van der Waals surface area (Å²) in [5, 5.41) is 11.8. The van der Waals surface area contributed by atoms with Crippen LogP contribution >= 0.6 is 0 Å². The van der Waals surface area contributed by atoms with E-state index in [0.29, 0.717) is 24.3 Å². The summed E-state index contributed by atoms with van der Waals surface area (Å²) in [6.45, 7) is 1.82. The zero-order chi connectivity index (χ0) is 19.9. The maximum atomic E-state index is 12.9. The number of ether oxygens (including phenoxy) is 1. The second-order valence-electron chi connectivity index (χ2n) is 7.20. The second-order valence-corrected chi connectivity index (χ2v) is 7.20. The van der Waals surface area contributed by atoms with E-state index in [1.54, 1.807) is 29.2 Å². The molecule has 0 unspecified atom stereocenters. The van der Waals surface area contributed by atoms with Gasteiger partial charge in [0.25, 0.3) is 0 Å². The van der Waals surface area contributed by atoms with Gasteiger partial charge in [0, 0.05) is 45.2 Å². The van der Waals surface area contributed by atoms with E-state index in [4.69, 9.17) is 10.00 Å². The average Bonchev–Trinajstić information content (AvgIpc) is 3.21. The Hall–Kier alpha value is -3.04. The number of amides is 2. The lowest BCUT2D eigenvalue weighted by Crippen LogP contribution is -2.39. The number of hydrogen-bond donors (Lipinski definition) is 1. The summed E-state index contributed by atoms with van der Waals surface area (Å²) < 4.78 is 5.74. The first-order valence-corrected chi connectivity index (χ1v) is 9.49. The molecule has 0 aromatic heterocycles. The van der Waals surface area contributed by atoms with Crippen LogP contribution in [0.1, 0.15) is 24.0 Å². The maximum Gasteiger partial charge on any atom is 0.322 e. The van der Waals surface area contributed by atoms with Crippen molar-refractivity contribution in [3.63, 3.8) is 0 Å². The van der Waals surface area contributed by atoms with Crippen molar-refractivity contribution in [1.29, 1.82) is 5.26 Å². The quantitative estimate of drug-likeness (QED) is 0.829.